The maximum atomic E-state index is 12.1. The molecule has 1 unspecified atom stereocenters. The summed E-state index contributed by atoms with van der Waals surface area (Å²) < 4.78 is 0. The van der Waals surface area contributed by atoms with Gasteiger partial charge in [0.25, 0.3) is 0 Å². The molecule has 1 atom stereocenters. The Bertz CT molecular complexity index is 548. The molecule has 1 aliphatic carbocycles. The highest BCUT2D eigenvalue weighted by Crippen LogP contribution is 2.29. The highest BCUT2D eigenvalue weighted by molar-refractivity contribution is 5.98. The van der Waals surface area contributed by atoms with Crippen molar-refractivity contribution in [2.24, 2.45) is 5.92 Å². The van der Waals surface area contributed by atoms with Gasteiger partial charge in [-0.3, -0.25) is 4.79 Å². The molecule has 4 nitrogen and oxygen atoms in total. The number of hydrogen-bond acceptors (Lipinski definition) is 4. The maximum absolute atomic E-state index is 12.1. The topological polar surface area (TPSA) is 68.9 Å². The highest BCUT2D eigenvalue weighted by Gasteiger charge is 2.27. The molecule has 0 aliphatic heterocycles. The fourth-order valence-electron chi connectivity index (χ4n) is 2.42. The first-order chi connectivity index (χ1) is 11.2. The number of Topliss-reactive ketones (excluding diaryl/α,β-unsaturated/α-hetero) is 1. The third-order valence-corrected chi connectivity index (χ3v) is 3.41. The predicted molar refractivity (Wildman–Crippen MR) is 98.5 cm³/mol. The molecule has 0 radical (unpaired) electrons. The van der Waals surface area contributed by atoms with E-state index < -0.39 is 0 Å². The number of allylic oxidation sites excluding steroid dienone is 4. The molecule has 4 heteroatoms. The first kappa shape index (κ1) is 21.0. The summed E-state index contributed by atoms with van der Waals surface area (Å²) in [5, 5.41) is 0. The summed E-state index contributed by atoms with van der Waals surface area (Å²) in [6.07, 6.45) is 10.1. The van der Waals surface area contributed by atoms with E-state index in [-0.39, 0.29) is 17.6 Å². The third kappa shape index (κ3) is 5.97. The number of aromatic nitrogens is 2. The summed E-state index contributed by atoms with van der Waals surface area (Å²) >= 11 is 0. The summed E-state index contributed by atoms with van der Waals surface area (Å²) in [4.78, 5) is 20.2. The van der Waals surface area contributed by atoms with Gasteiger partial charge in [-0.25, -0.2) is 9.97 Å². The second-order valence-corrected chi connectivity index (χ2v) is 4.72. The van der Waals surface area contributed by atoms with Crippen LogP contribution in [0.4, 0.5) is 5.95 Å². The molecule has 2 rings (SSSR count). The second-order valence-electron chi connectivity index (χ2n) is 4.72. The van der Waals surface area contributed by atoms with Crippen LogP contribution in [0.1, 0.15) is 70.4 Å². The fourth-order valence-corrected chi connectivity index (χ4v) is 2.42. The Morgan fingerprint density at radius 3 is 2.52 bits per heavy atom. The van der Waals surface area contributed by atoms with E-state index >= 15 is 0 Å². The molecular formula is C19H31N3O. The van der Waals surface area contributed by atoms with Crippen molar-refractivity contribution < 1.29 is 4.79 Å². The van der Waals surface area contributed by atoms with Gasteiger partial charge in [0, 0.05) is 12.6 Å². The molecule has 0 fully saturated rings. The zero-order valence-electron chi connectivity index (χ0n) is 15.4. The number of rotatable bonds is 3. The third-order valence-electron chi connectivity index (χ3n) is 3.41. The van der Waals surface area contributed by atoms with Crippen molar-refractivity contribution in [1.29, 1.82) is 0 Å². The fraction of sp³-hybridized carbons (Fsp3) is 0.526. The number of fused-ring (bicyclic) bond motifs is 1. The summed E-state index contributed by atoms with van der Waals surface area (Å²) in [5.74, 6) is 0.538. The molecule has 0 aromatic carbocycles. The lowest BCUT2D eigenvalue weighted by Gasteiger charge is -2.23. The van der Waals surface area contributed by atoms with Crippen molar-refractivity contribution in [2.75, 3.05) is 5.73 Å². The zero-order valence-corrected chi connectivity index (χ0v) is 15.4. The smallest absolute Gasteiger partial charge is 0.220 e. The lowest BCUT2D eigenvalue weighted by molar-refractivity contribution is 0.0955. The minimum atomic E-state index is 0.107. The lowest BCUT2D eigenvalue weighted by Crippen LogP contribution is -2.23. The number of ketones is 1. The van der Waals surface area contributed by atoms with E-state index in [1.54, 1.807) is 6.20 Å². The number of nitrogens with zero attached hydrogens (tertiary/aromatic N) is 2. The molecule has 1 aliphatic rings. The van der Waals surface area contributed by atoms with Crippen LogP contribution in [0.25, 0.3) is 0 Å². The summed E-state index contributed by atoms with van der Waals surface area (Å²) in [6, 6.07) is 0. The van der Waals surface area contributed by atoms with Crippen molar-refractivity contribution in [1.82, 2.24) is 9.97 Å². The van der Waals surface area contributed by atoms with Crippen molar-refractivity contribution >= 4 is 11.7 Å². The van der Waals surface area contributed by atoms with Crippen LogP contribution in [0.5, 0.6) is 0 Å². The molecule has 128 valence electrons. The van der Waals surface area contributed by atoms with Gasteiger partial charge in [0.15, 0.2) is 5.78 Å². The van der Waals surface area contributed by atoms with Crippen molar-refractivity contribution in [3.8, 4) is 0 Å². The van der Waals surface area contributed by atoms with Gasteiger partial charge in [0.1, 0.15) is 0 Å². The summed E-state index contributed by atoms with van der Waals surface area (Å²) in [5.41, 5.74) is 8.19. The van der Waals surface area contributed by atoms with E-state index in [4.69, 9.17) is 5.73 Å². The van der Waals surface area contributed by atoms with E-state index in [1.165, 1.54) is 5.57 Å². The number of nitrogen functional groups attached to an aromatic ring is 1. The number of hydrogen-bond donors (Lipinski definition) is 1. The quantitative estimate of drug-likeness (QED) is 0.815. The van der Waals surface area contributed by atoms with Crippen LogP contribution in [0, 0.1) is 5.92 Å². The summed E-state index contributed by atoms with van der Waals surface area (Å²) in [7, 11) is 0. The van der Waals surface area contributed by atoms with Gasteiger partial charge in [-0.2, -0.15) is 0 Å². The molecule has 0 saturated heterocycles. The average molecular weight is 317 g/mol. The largest absolute Gasteiger partial charge is 0.368 e. The maximum Gasteiger partial charge on any atom is 0.220 e. The number of carbonyl (C=O) groups is 1. The Kier molecular flexibility index (Phi) is 10.6. The molecular weight excluding hydrogens is 286 g/mol. The number of anilines is 1. The van der Waals surface area contributed by atoms with Crippen LogP contribution in [-0.2, 0) is 6.42 Å². The second kappa shape index (κ2) is 11.6. The first-order valence-corrected chi connectivity index (χ1v) is 8.63. The van der Waals surface area contributed by atoms with Crippen LogP contribution >= 0.6 is 0 Å². The van der Waals surface area contributed by atoms with Gasteiger partial charge in [-0.05, 0) is 31.3 Å². The predicted octanol–water partition coefficient (Wildman–Crippen LogP) is 4.77. The Balaban J connectivity index is 0.00000112. The van der Waals surface area contributed by atoms with Crippen molar-refractivity contribution in [3.63, 3.8) is 0 Å². The average Bonchev–Trinajstić information content (AvgIpc) is 2.59. The molecule has 2 N–H and O–H groups in total. The van der Waals surface area contributed by atoms with Crippen molar-refractivity contribution in [2.45, 2.75) is 60.8 Å². The number of nitrogens with two attached hydrogens (primary N) is 1. The molecule has 1 heterocycles. The zero-order chi connectivity index (χ0) is 17.8. The Labute approximate surface area is 140 Å². The Morgan fingerprint density at radius 1 is 1.30 bits per heavy atom. The van der Waals surface area contributed by atoms with Crippen molar-refractivity contribution in [3.05, 3.63) is 41.3 Å². The molecule has 0 amide bonds. The van der Waals surface area contributed by atoms with Crippen LogP contribution in [-0.4, -0.2) is 15.8 Å². The molecule has 0 spiro atoms. The normalized spacial score (nSPS) is 16.9. The first-order valence-electron chi connectivity index (χ1n) is 8.63. The van der Waals surface area contributed by atoms with Crippen LogP contribution in [0.3, 0.4) is 0 Å². The van der Waals surface area contributed by atoms with Gasteiger partial charge in [0.05, 0.1) is 11.3 Å². The van der Waals surface area contributed by atoms with E-state index in [9.17, 15) is 4.79 Å². The Hall–Kier alpha value is -1.97. The van der Waals surface area contributed by atoms with Gasteiger partial charge in [-0.1, -0.05) is 52.8 Å². The standard InChI is InChI=1S/C15H19N3O.2C2H6/c1-3-5-6-10(4-2)11-7-13-12(14(19)8-11)9-17-15(16)18-13;2*1-2/h4-6,9,11H,3,7-8H2,1-2H3,(H2,16,17,18);2*1-2H3/b6-5-,10-4+;;. The van der Waals surface area contributed by atoms with E-state index in [2.05, 4.69) is 35.1 Å². The number of carbonyl (C=O) groups excluding carboxylic acids is 1. The van der Waals surface area contributed by atoms with Gasteiger partial charge in [-0.15, -0.1) is 0 Å². The minimum absolute atomic E-state index is 0.107. The SMILES string of the molecule is C/C=C(\C=C/CC)C1CC(=O)c2cnc(N)nc2C1.CC.CC. The Morgan fingerprint density at radius 2 is 1.96 bits per heavy atom. The molecule has 1 aromatic heterocycles. The highest BCUT2D eigenvalue weighted by atomic mass is 16.1. The molecule has 0 bridgehead atoms. The van der Waals surface area contributed by atoms with Gasteiger partial charge < -0.3 is 5.73 Å². The van der Waals surface area contributed by atoms with Gasteiger partial charge in [0.2, 0.25) is 5.95 Å². The molecule has 0 saturated carbocycles. The lowest BCUT2D eigenvalue weighted by atomic mass is 9.81. The summed E-state index contributed by atoms with van der Waals surface area (Å²) in [6.45, 7) is 12.1. The molecule has 1 aromatic rings. The van der Waals surface area contributed by atoms with E-state index in [0.29, 0.717) is 12.0 Å². The van der Waals surface area contributed by atoms with E-state index in [0.717, 1.165) is 18.5 Å². The van der Waals surface area contributed by atoms with E-state index in [1.807, 2.05) is 34.6 Å². The van der Waals surface area contributed by atoms with Crippen LogP contribution in [0.2, 0.25) is 0 Å². The molecule has 23 heavy (non-hydrogen) atoms. The van der Waals surface area contributed by atoms with Crippen LogP contribution < -0.4 is 5.73 Å². The monoisotopic (exact) mass is 317 g/mol. The van der Waals surface area contributed by atoms with Crippen LogP contribution in [0.15, 0.2) is 30.0 Å². The minimum Gasteiger partial charge on any atom is -0.368 e. The van der Waals surface area contributed by atoms with Gasteiger partial charge >= 0.3 is 0 Å².